The highest BCUT2D eigenvalue weighted by Gasteiger charge is 2.51. The van der Waals surface area contributed by atoms with Crippen molar-refractivity contribution in [2.24, 2.45) is 10.4 Å². The molecule has 2 amide bonds. The second-order valence-corrected chi connectivity index (χ2v) is 16.1. The first-order valence-corrected chi connectivity index (χ1v) is 20.0. The molecule has 5 aromatic rings. The number of nitrogens with zero attached hydrogens (tertiary/aromatic N) is 7. The van der Waals surface area contributed by atoms with Gasteiger partial charge in [0.25, 0.3) is 0 Å². The molecule has 0 saturated carbocycles. The van der Waals surface area contributed by atoms with Gasteiger partial charge >= 0.3 is 0 Å². The normalized spacial score (nSPS) is 19.3. The van der Waals surface area contributed by atoms with Crippen LogP contribution in [0.2, 0.25) is 0 Å². The number of pyridine rings is 1. The van der Waals surface area contributed by atoms with Crippen LogP contribution in [-0.4, -0.2) is 87.7 Å². The maximum absolute atomic E-state index is 14.1. The lowest BCUT2D eigenvalue weighted by atomic mass is 9.85. The van der Waals surface area contributed by atoms with Crippen molar-refractivity contribution in [3.63, 3.8) is 0 Å². The highest BCUT2D eigenvalue weighted by atomic mass is 16.5. The quantitative estimate of drug-likeness (QED) is 0.154. The van der Waals surface area contributed by atoms with E-state index in [0.29, 0.717) is 45.1 Å². The van der Waals surface area contributed by atoms with Gasteiger partial charge in [0.1, 0.15) is 0 Å². The number of anilines is 1. The zero-order chi connectivity index (χ0) is 39.1. The van der Waals surface area contributed by atoms with Gasteiger partial charge in [-0.25, -0.2) is 15.0 Å². The van der Waals surface area contributed by atoms with Crippen LogP contribution in [0.15, 0.2) is 109 Å². The summed E-state index contributed by atoms with van der Waals surface area (Å²) in [5.74, 6) is 1.61. The van der Waals surface area contributed by atoms with Gasteiger partial charge in [0.05, 0.1) is 30.3 Å². The van der Waals surface area contributed by atoms with Gasteiger partial charge < -0.3 is 14.5 Å². The van der Waals surface area contributed by atoms with Gasteiger partial charge in [0.2, 0.25) is 17.7 Å². The first-order valence-electron chi connectivity index (χ1n) is 20.0. The Morgan fingerprint density at radius 2 is 1.51 bits per heavy atom. The number of ether oxygens (including phenoxy) is 1. The Morgan fingerprint density at radius 1 is 0.807 bits per heavy atom. The van der Waals surface area contributed by atoms with E-state index < -0.39 is 5.41 Å². The molecule has 10 nitrogen and oxygen atoms in total. The van der Waals surface area contributed by atoms with E-state index in [4.69, 9.17) is 9.73 Å². The maximum atomic E-state index is 14.1. The van der Waals surface area contributed by atoms with Crippen molar-refractivity contribution < 1.29 is 14.3 Å². The van der Waals surface area contributed by atoms with Crippen LogP contribution in [-0.2, 0) is 16.1 Å². The van der Waals surface area contributed by atoms with E-state index in [2.05, 4.69) is 92.7 Å². The molecule has 3 aromatic carbocycles. The molecule has 0 radical (unpaired) electrons. The van der Waals surface area contributed by atoms with Gasteiger partial charge in [0.15, 0.2) is 5.82 Å². The van der Waals surface area contributed by atoms with E-state index >= 15 is 0 Å². The van der Waals surface area contributed by atoms with Crippen LogP contribution >= 0.6 is 0 Å². The number of amides is 2. The van der Waals surface area contributed by atoms with Gasteiger partial charge in [-0.2, -0.15) is 0 Å². The number of carbonyl (C=O) groups is 2. The van der Waals surface area contributed by atoms with Crippen molar-refractivity contribution in [3.8, 4) is 28.4 Å². The van der Waals surface area contributed by atoms with Crippen LogP contribution in [0.5, 0.6) is 5.88 Å². The van der Waals surface area contributed by atoms with Gasteiger partial charge in [0, 0.05) is 73.2 Å². The van der Waals surface area contributed by atoms with Crippen molar-refractivity contribution in [1.29, 1.82) is 0 Å². The molecule has 6 heterocycles. The monoisotopic (exact) mass is 757 g/mol. The molecule has 9 rings (SSSR count). The maximum Gasteiger partial charge on any atom is 0.237 e. The third-order valence-corrected chi connectivity index (χ3v) is 11.8. The fourth-order valence-electron chi connectivity index (χ4n) is 8.64. The average molecular weight is 758 g/mol. The van der Waals surface area contributed by atoms with Gasteiger partial charge in [-0.1, -0.05) is 60.7 Å². The Labute approximate surface area is 334 Å². The van der Waals surface area contributed by atoms with E-state index in [9.17, 15) is 9.59 Å². The van der Waals surface area contributed by atoms with Crippen LogP contribution in [0.1, 0.15) is 60.9 Å². The van der Waals surface area contributed by atoms with Crippen LogP contribution < -0.4 is 9.64 Å². The molecule has 1 spiro atoms. The van der Waals surface area contributed by atoms with Crippen LogP contribution in [0, 0.1) is 12.3 Å². The first kappa shape index (κ1) is 36.6. The van der Waals surface area contributed by atoms with Crippen molar-refractivity contribution in [2.45, 2.75) is 52.7 Å². The predicted octanol–water partition coefficient (Wildman–Crippen LogP) is 7.40. The summed E-state index contributed by atoms with van der Waals surface area (Å²) in [5, 5.41) is 0. The summed E-state index contributed by atoms with van der Waals surface area (Å²) in [4.78, 5) is 52.0. The minimum absolute atomic E-state index is 0.0549. The summed E-state index contributed by atoms with van der Waals surface area (Å²) >= 11 is 0. The third-order valence-electron chi connectivity index (χ3n) is 11.8. The molecule has 0 aliphatic carbocycles. The topological polar surface area (TPSA) is 104 Å². The predicted molar refractivity (Wildman–Crippen MR) is 223 cm³/mol. The second-order valence-electron chi connectivity index (χ2n) is 16.1. The molecule has 0 N–H and O–H groups in total. The molecule has 1 atom stereocenters. The van der Waals surface area contributed by atoms with Crippen LogP contribution in [0.25, 0.3) is 28.1 Å². The Hall–Kier alpha value is -6.00. The Morgan fingerprint density at radius 3 is 2.19 bits per heavy atom. The first-order chi connectivity index (χ1) is 27.7. The number of aryl methyl sites for hydroxylation is 1. The molecule has 2 aromatic heterocycles. The molecule has 0 bridgehead atoms. The summed E-state index contributed by atoms with van der Waals surface area (Å²) in [5.41, 5.74) is 11.3. The number of hydrogen-bond donors (Lipinski definition) is 0. The number of aliphatic imine (C=N–C) groups is 1. The lowest BCUT2D eigenvalue weighted by molar-refractivity contribution is -0.132. The number of carbonyl (C=O) groups excluding carboxylic acids is 2. The van der Waals surface area contributed by atoms with Crippen molar-refractivity contribution >= 4 is 28.8 Å². The van der Waals surface area contributed by atoms with E-state index in [0.717, 1.165) is 82.0 Å². The average Bonchev–Trinajstić information content (AvgIpc) is 3.95. The molecule has 57 heavy (non-hydrogen) atoms. The molecule has 0 unspecified atom stereocenters. The van der Waals surface area contributed by atoms with Crippen molar-refractivity contribution in [3.05, 3.63) is 131 Å². The third kappa shape index (κ3) is 7.37. The fourth-order valence-corrected chi connectivity index (χ4v) is 8.64. The minimum atomic E-state index is -0.453. The second kappa shape index (κ2) is 15.2. The summed E-state index contributed by atoms with van der Waals surface area (Å²) in [6, 6.07) is 27.2. The summed E-state index contributed by atoms with van der Waals surface area (Å²) in [6.07, 6.45) is 10.1. The van der Waals surface area contributed by atoms with E-state index in [1.165, 1.54) is 11.1 Å². The zero-order valence-electron chi connectivity index (χ0n) is 32.8. The largest absolute Gasteiger partial charge is 0.475 e. The number of fused-ring (bicyclic) bond motifs is 1. The molecule has 10 heteroatoms. The van der Waals surface area contributed by atoms with Crippen molar-refractivity contribution in [2.75, 3.05) is 44.2 Å². The standard InChI is InChI=1S/C47H47N7O3/c1-31(2)57-42-15-13-39(28-48-42)44-41-24-40(14-12-38(41)27-49-44)54-23-19-47(46(54)56)18-22-52(30-47)29-43(55)53-20-16-36(17-21-53)35-6-4-33(5-7-35)34-8-10-37(11-9-34)45-50-25-32(3)26-51-45/h4-16,24-26,28,31H,17-23,27,29-30H2,1-3H3/t47-/m0/s1. The Balaban J connectivity index is 0.788. The SMILES string of the molecule is Cc1cnc(-c2ccc(-c3ccc(C4=CCN(C(=O)CN5CC[C@]6(CCN(c7ccc8c(c7)C(c7ccc(OC(C)C)nc7)=NC8)C6=O)C5)CC4)cc3)cc2)nc1. The minimum Gasteiger partial charge on any atom is -0.475 e. The number of hydrogen-bond acceptors (Lipinski definition) is 8. The summed E-state index contributed by atoms with van der Waals surface area (Å²) in [7, 11) is 0. The fraction of sp³-hybridized carbons (Fsp3) is 0.319. The van der Waals surface area contributed by atoms with E-state index in [1.807, 2.05) is 61.3 Å². The number of benzene rings is 3. The molecule has 4 aliphatic rings. The molecule has 2 saturated heterocycles. The molecular weight excluding hydrogens is 711 g/mol. The number of likely N-dealkylation sites (tertiary alicyclic amines) is 1. The van der Waals surface area contributed by atoms with Crippen molar-refractivity contribution in [1.82, 2.24) is 24.8 Å². The number of rotatable bonds is 9. The van der Waals surface area contributed by atoms with Gasteiger partial charge in [-0.05, 0) is 98.2 Å². The smallest absolute Gasteiger partial charge is 0.237 e. The Kier molecular flexibility index (Phi) is 9.74. The highest BCUT2D eigenvalue weighted by molar-refractivity contribution is 6.16. The van der Waals surface area contributed by atoms with Crippen LogP contribution in [0.4, 0.5) is 5.69 Å². The van der Waals surface area contributed by atoms with E-state index in [-0.39, 0.29) is 17.9 Å². The molecule has 2 fully saturated rings. The van der Waals surface area contributed by atoms with Crippen LogP contribution in [0.3, 0.4) is 0 Å². The summed E-state index contributed by atoms with van der Waals surface area (Å²) in [6.45, 7) is 10.2. The molecule has 288 valence electrons. The Bertz CT molecular complexity index is 2370. The zero-order valence-corrected chi connectivity index (χ0v) is 32.8. The lowest BCUT2D eigenvalue weighted by Gasteiger charge is -2.29. The lowest BCUT2D eigenvalue weighted by Crippen LogP contribution is -2.43. The van der Waals surface area contributed by atoms with Gasteiger partial charge in [-0.15, -0.1) is 0 Å². The van der Waals surface area contributed by atoms with Gasteiger partial charge in [-0.3, -0.25) is 19.5 Å². The number of aromatic nitrogens is 3. The van der Waals surface area contributed by atoms with E-state index in [1.54, 1.807) is 0 Å². The highest BCUT2D eigenvalue weighted by Crippen LogP contribution is 2.43. The summed E-state index contributed by atoms with van der Waals surface area (Å²) < 4.78 is 5.73. The molecule has 4 aliphatic heterocycles. The molecular formula is C47H47N7O3.